The van der Waals surface area contributed by atoms with Crippen molar-refractivity contribution in [2.45, 2.75) is 46.1 Å². The molecule has 3 aromatic rings. The standard InChI is InChI=1S/C24H26N4O2.ClH/c1-23(2)12-18-13-24(3,14-23)15-27(18)22-19-6-4-5-7-20(19)25-21(26-22)16-8-10-17(11-9-16)28(29)30;/h4-11,18H,12-15H2,1-3H3;1H/p-1. The van der Waals surface area contributed by atoms with Gasteiger partial charge >= 0.3 is 0 Å². The quantitative estimate of drug-likeness (QED) is 0.465. The van der Waals surface area contributed by atoms with Crippen LogP contribution in [-0.2, 0) is 0 Å². The van der Waals surface area contributed by atoms with Crippen LogP contribution in [0.4, 0.5) is 11.5 Å². The zero-order valence-electron chi connectivity index (χ0n) is 18.0. The highest BCUT2D eigenvalue weighted by atomic mass is 35.5. The van der Waals surface area contributed by atoms with Crippen molar-refractivity contribution in [2.24, 2.45) is 10.8 Å². The smallest absolute Gasteiger partial charge is 0.269 e. The number of hydrogen-bond donors (Lipinski definition) is 0. The molecular formula is C24H26ClN4O2-. The van der Waals surface area contributed by atoms with Crippen molar-refractivity contribution in [3.8, 4) is 11.4 Å². The molecule has 2 unspecified atom stereocenters. The molecule has 2 bridgehead atoms. The van der Waals surface area contributed by atoms with Crippen LogP contribution in [0.15, 0.2) is 48.5 Å². The summed E-state index contributed by atoms with van der Waals surface area (Å²) in [7, 11) is 0. The van der Waals surface area contributed by atoms with Gasteiger partial charge in [-0.05, 0) is 54.4 Å². The first kappa shape index (κ1) is 21.5. The highest BCUT2D eigenvalue weighted by molar-refractivity contribution is 5.91. The molecule has 2 heterocycles. The molecule has 162 valence electrons. The van der Waals surface area contributed by atoms with Crippen molar-refractivity contribution in [1.29, 1.82) is 0 Å². The summed E-state index contributed by atoms with van der Waals surface area (Å²) in [5.41, 5.74) is 2.40. The van der Waals surface area contributed by atoms with Crippen LogP contribution in [0.2, 0.25) is 0 Å². The van der Waals surface area contributed by atoms with Gasteiger partial charge in [-0.2, -0.15) is 0 Å². The lowest BCUT2D eigenvalue weighted by Gasteiger charge is -2.39. The van der Waals surface area contributed by atoms with E-state index in [2.05, 4.69) is 31.7 Å². The summed E-state index contributed by atoms with van der Waals surface area (Å²) in [6.07, 6.45) is 3.58. The number of halogens is 1. The fourth-order valence-corrected chi connectivity index (χ4v) is 5.85. The summed E-state index contributed by atoms with van der Waals surface area (Å²) in [6.45, 7) is 8.16. The molecule has 7 heteroatoms. The number of rotatable bonds is 3. The molecular weight excluding hydrogens is 412 g/mol. The fourth-order valence-electron chi connectivity index (χ4n) is 5.85. The summed E-state index contributed by atoms with van der Waals surface area (Å²) in [5.74, 6) is 1.60. The summed E-state index contributed by atoms with van der Waals surface area (Å²) in [6, 6.07) is 15.1. The minimum absolute atomic E-state index is 0. The number of para-hydroxylation sites is 1. The minimum Gasteiger partial charge on any atom is -1.00 e. The molecule has 1 aliphatic heterocycles. The maximum Gasteiger partial charge on any atom is 0.269 e. The van der Waals surface area contributed by atoms with E-state index in [9.17, 15) is 10.1 Å². The Balaban J connectivity index is 0.00000231. The summed E-state index contributed by atoms with van der Waals surface area (Å²) < 4.78 is 0. The monoisotopic (exact) mass is 437 g/mol. The molecule has 1 aromatic heterocycles. The number of anilines is 1. The van der Waals surface area contributed by atoms with E-state index >= 15 is 0 Å². The molecule has 0 N–H and O–H groups in total. The van der Waals surface area contributed by atoms with Crippen LogP contribution in [0.5, 0.6) is 0 Å². The van der Waals surface area contributed by atoms with Gasteiger partial charge in [-0.1, -0.05) is 32.9 Å². The molecule has 1 saturated heterocycles. The van der Waals surface area contributed by atoms with Gasteiger partial charge in [-0.25, -0.2) is 9.97 Å². The average Bonchev–Trinajstić information content (AvgIpc) is 2.95. The Kier molecular flexibility index (Phi) is 5.16. The Bertz CT molecular complexity index is 1150. The van der Waals surface area contributed by atoms with E-state index in [1.54, 1.807) is 12.1 Å². The summed E-state index contributed by atoms with van der Waals surface area (Å²) in [5, 5.41) is 12.1. The van der Waals surface area contributed by atoms with Gasteiger partial charge in [0, 0.05) is 35.7 Å². The maximum absolute atomic E-state index is 11.0. The molecule has 0 radical (unpaired) electrons. The predicted octanol–water partition coefficient (Wildman–Crippen LogP) is 2.61. The van der Waals surface area contributed by atoms with Gasteiger partial charge in [0.2, 0.25) is 0 Å². The van der Waals surface area contributed by atoms with Crippen LogP contribution >= 0.6 is 0 Å². The number of nitro benzene ring substituents is 1. The maximum atomic E-state index is 11.0. The Labute approximate surface area is 188 Å². The third kappa shape index (κ3) is 3.85. The van der Waals surface area contributed by atoms with Crippen LogP contribution in [0.25, 0.3) is 22.3 Å². The zero-order valence-corrected chi connectivity index (χ0v) is 18.8. The van der Waals surface area contributed by atoms with Crippen molar-refractivity contribution < 1.29 is 17.3 Å². The Morgan fingerprint density at radius 2 is 1.74 bits per heavy atom. The number of aromatic nitrogens is 2. The number of non-ortho nitro benzene ring substituents is 1. The van der Waals surface area contributed by atoms with Gasteiger partial charge in [-0.15, -0.1) is 0 Å². The molecule has 2 aliphatic rings. The van der Waals surface area contributed by atoms with Crippen molar-refractivity contribution in [3.05, 3.63) is 58.6 Å². The van der Waals surface area contributed by atoms with Gasteiger partial charge in [0.25, 0.3) is 5.69 Å². The molecule has 6 nitrogen and oxygen atoms in total. The largest absolute Gasteiger partial charge is 1.00 e. The van der Waals surface area contributed by atoms with Crippen LogP contribution in [0, 0.1) is 20.9 Å². The van der Waals surface area contributed by atoms with Crippen molar-refractivity contribution >= 4 is 22.4 Å². The van der Waals surface area contributed by atoms with Gasteiger partial charge in [-0.3, -0.25) is 10.1 Å². The van der Waals surface area contributed by atoms with Crippen LogP contribution in [-0.4, -0.2) is 27.5 Å². The van der Waals surface area contributed by atoms with Crippen LogP contribution in [0.3, 0.4) is 0 Å². The fraction of sp³-hybridized carbons (Fsp3) is 0.417. The predicted molar refractivity (Wildman–Crippen MR) is 119 cm³/mol. The van der Waals surface area contributed by atoms with E-state index < -0.39 is 0 Å². The molecule has 31 heavy (non-hydrogen) atoms. The highest BCUT2D eigenvalue weighted by Gasteiger charge is 2.50. The van der Waals surface area contributed by atoms with E-state index in [4.69, 9.17) is 9.97 Å². The van der Waals surface area contributed by atoms with Crippen molar-refractivity contribution in [3.63, 3.8) is 0 Å². The molecule has 1 saturated carbocycles. The minimum atomic E-state index is -0.386. The first-order valence-electron chi connectivity index (χ1n) is 10.5. The molecule has 1 aliphatic carbocycles. The van der Waals surface area contributed by atoms with E-state index in [0.29, 0.717) is 22.7 Å². The van der Waals surface area contributed by atoms with Crippen LogP contribution < -0.4 is 17.3 Å². The van der Waals surface area contributed by atoms with Crippen LogP contribution in [0.1, 0.15) is 40.0 Å². The Morgan fingerprint density at radius 3 is 2.45 bits per heavy atom. The molecule has 2 aromatic carbocycles. The first-order chi connectivity index (χ1) is 14.2. The second-order valence-corrected chi connectivity index (χ2v) is 10.0. The molecule has 5 rings (SSSR count). The highest BCUT2D eigenvalue weighted by Crippen LogP contribution is 2.53. The summed E-state index contributed by atoms with van der Waals surface area (Å²) >= 11 is 0. The van der Waals surface area contributed by atoms with Gasteiger partial charge in [0.1, 0.15) is 5.82 Å². The van der Waals surface area contributed by atoms with Crippen molar-refractivity contribution in [2.75, 3.05) is 11.4 Å². The van der Waals surface area contributed by atoms with E-state index in [0.717, 1.165) is 35.2 Å². The van der Waals surface area contributed by atoms with Gasteiger partial charge in [0.05, 0.1) is 10.4 Å². The number of benzene rings is 2. The lowest BCUT2D eigenvalue weighted by molar-refractivity contribution is -0.384. The van der Waals surface area contributed by atoms with Gasteiger partial charge < -0.3 is 17.3 Å². The second-order valence-electron chi connectivity index (χ2n) is 10.0. The third-order valence-electron chi connectivity index (χ3n) is 6.61. The SMILES string of the molecule is CC1(C)CC2CC(C)(CN2c2nc(-c3ccc([N+](=O)[O-])cc3)nc3ccccc23)C1.[Cl-]. The first-order valence-corrected chi connectivity index (χ1v) is 10.5. The normalized spacial score (nSPS) is 24.1. The Morgan fingerprint density at radius 1 is 1.03 bits per heavy atom. The zero-order chi connectivity index (χ0) is 21.1. The van der Waals surface area contributed by atoms with E-state index in [-0.39, 0.29) is 23.0 Å². The van der Waals surface area contributed by atoms with E-state index in [1.807, 2.05) is 18.2 Å². The van der Waals surface area contributed by atoms with Crippen molar-refractivity contribution in [1.82, 2.24) is 9.97 Å². The second kappa shape index (κ2) is 7.45. The third-order valence-corrected chi connectivity index (χ3v) is 6.61. The molecule has 0 spiro atoms. The van der Waals surface area contributed by atoms with Gasteiger partial charge in [0.15, 0.2) is 5.82 Å². The molecule has 2 atom stereocenters. The molecule has 0 amide bonds. The topological polar surface area (TPSA) is 72.2 Å². The average molecular weight is 438 g/mol. The molecule has 2 fully saturated rings. The number of nitrogens with zero attached hydrogens (tertiary/aromatic N) is 4. The number of fused-ring (bicyclic) bond motifs is 3. The number of nitro groups is 1. The number of hydrogen-bond acceptors (Lipinski definition) is 5. The summed E-state index contributed by atoms with van der Waals surface area (Å²) in [4.78, 5) is 22.9. The lowest BCUT2D eigenvalue weighted by Crippen LogP contribution is -3.00. The lowest BCUT2D eigenvalue weighted by atomic mass is 9.65. The van der Waals surface area contributed by atoms with E-state index in [1.165, 1.54) is 25.0 Å². The Hall–Kier alpha value is -2.73.